The summed E-state index contributed by atoms with van der Waals surface area (Å²) in [7, 11) is -6.35. The molecule has 0 fully saturated rings. The van der Waals surface area contributed by atoms with Crippen LogP contribution in [-0.2, 0) is 26.5 Å². The average Bonchev–Trinajstić information content (AvgIpc) is 2.06. The van der Waals surface area contributed by atoms with Gasteiger partial charge in [0.05, 0.1) is 10.6 Å². The summed E-state index contributed by atoms with van der Waals surface area (Å²) >= 11 is 0. The van der Waals surface area contributed by atoms with Gasteiger partial charge in [0.25, 0.3) is 0 Å². The number of benzene rings is 1. The van der Waals surface area contributed by atoms with Crippen LogP contribution in [-0.4, -0.2) is 16.8 Å². The van der Waals surface area contributed by atoms with Gasteiger partial charge in [-0.3, -0.25) is 0 Å². The van der Waals surface area contributed by atoms with Crippen molar-refractivity contribution in [3.63, 3.8) is 0 Å². The van der Waals surface area contributed by atoms with E-state index in [2.05, 4.69) is 0 Å². The third kappa shape index (κ3) is 3.29. The third-order valence-electron chi connectivity index (χ3n) is 1.95. The Hall–Kier alpha value is -0.920. The summed E-state index contributed by atoms with van der Waals surface area (Å²) in [5.41, 5.74) is 1.18. The van der Waals surface area contributed by atoms with Gasteiger partial charge in [0.2, 0.25) is 10.0 Å². The van der Waals surface area contributed by atoms with Crippen molar-refractivity contribution in [3.8, 4) is 0 Å². The van der Waals surface area contributed by atoms with Gasteiger partial charge in [0.15, 0.2) is 0 Å². The maximum absolute atomic E-state index is 11.0. The highest BCUT2D eigenvalue weighted by Gasteiger charge is 2.10. The number of primary sulfonamides is 1. The van der Waals surface area contributed by atoms with Crippen molar-refractivity contribution in [2.75, 3.05) is 0 Å². The first-order valence-corrected chi connectivity index (χ1v) is 6.96. The smallest absolute Gasteiger partial charge is 0.232 e. The van der Waals surface area contributed by atoms with E-state index in [0.717, 1.165) is 5.56 Å². The molecule has 15 heavy (non-hydrogen) atoms. The van der Waals surface area contributed by atoms with Crippen LogP contribution in [0.15, 0.2) is 23.1 Å². The maximum Gasteiger partial charge on any atom is 0.238 e. The van der Waals surface area contributed by atoms with Gasteiger partial charge in [-0.15, -0.1) is 0 Å². The second-order valence-corrected chi connectivity index (χ2v) is 5.67. The van der Waals surface area contributed by atoms with Crippen LogP contribution in [0.3, 0.4) is 0 Å². The van der Waals surface area contributed by atoms with Crippen molar-refractivity contribution in [1.82, 2.24) is 0 Å². The summed E-state index contributed by atoms with van der Waals surface area (Å²) in [6.45, 7) is 1.71. The maximum atomic E-state index is 11.0. The van der Waals surface area contributed by atoms with E-state index >= 15 is 0 Å². The zero-order valence-electron chi connectivity index (χ0n) is 8.00. The predicted octanol–water partition coefficient (Wildman–Crippen LogP) is -0.246. The van der Waals surface area contributed by atoms with E-state index in [1.165, 1.54) is 18.2 Å². The minimum Gasteiger partial charge on any atom is -0.232 e. The van der Waals surface area contributed by atoms with Gasteiger partial charge < -0.3 is 0 Å². The second-order valence-electron chi connectivity index (χ2n) is 3.12. The molecule has 0 aromatic heterocycles. The zero-order valence-corrected chi connectivity index (χ0v) is 9.72. The standard InChI is InChI=1S/C8H11NO4S2/c1-6-2-3-8(15(9,12)13)4-7(6)5-14(10)11/h2-4,14H,5H2,1H3,(H2,9,12,13). The van der Waals surface area contributed by atoms with Gasteiger partial charge >= 0.3 is 0 Å². The lowest BCUT2D eigenvalue weighted by molar-refractivity contribution is 0.597. The molecule has 0 atom stereocenters. The summed E-state index contributed by atoms with van der Waals surface area (Å²) < 4.78 is 43.1. The molecule has 0 heterocycles. The van der Waals surface area contributed by atoms with Gasteiger partial charge in [-0.1, -0.05) is 6.07 Å². The molecule has 0 radical (unpaired) electrons. The summed E-state index contributed by atoms with van der Waals surface area (Å²) in [5, 5.41) is 4.93. The molecule has 0 bridgehead atoms. The Morgan fingerprint density at radius 1 is 1.33 bits per heavy atom. The first-order valence-electron chi connectivity index (χ1n) is 4.05. The molecule has 0 amide bonds. The Labute approximate surface area is 89.9 Å². The van der Waals surface area contributed by atoms with Gasteiger partial charge in [-0.25, -0.2) is 22.0 Å². The van der Waals surface area contributed by atoms with Crippen LogP contribution in [0.2, 0.25) is 0 Å². The molecule has 0 saturated heterocycles. The quantitative estimate of drug-likeness (QED) is 0.722. The Kier molecular flexibility index (Phi) is 3.48. The van der Waals surface area contributed by atoms with E-state index in [0.29, 0.717) is 5.56 Å². The first-order chi connectivity index (χ1) is 6.80. The van der Waals surface area contributed by atoms with Crippen LogP contribution >= 0.6 is 0 Å². The molecule has 0 aliphatic carbocycles. The van der Waals surface area contributed by atoms with Gasteiger partial charge in [-0.05, 0) is 30.2 Å². The minimum absolute atomic E-state index is 0.0695. The van der Waals surface area contributed by atoms with E-state index in [-0.39, 0.29) is 10.6 Å². The lowest BCUT2D eigenvalue weighted by Crippen LogP contribution is -2.12. The fourth-order valence-corrected chi connectivity index (χ4v) is 2.32. The molecule has 0 aliphatic heterocycles. The van der Waals surface area contributed by atoms with E-state index in [4.69, 9.17) is 5.14 Å². The second kappa shape index (κ2) is 4.30. The highest BCUT2D eigenvalue weighted by Crippen LogP contribution is 2.15. The molecule has 1 aromatic carbocycles. The van der Waals surface area contributed by atoms with Gasteiger partial charge in [0, 0.05) is 0 Å². The molecule has 0 aliphatic rings. The lowest BCUT2D eigenvalue weighted by atomic mass is 10.1. The van der Waals surface area contributed by atoms with Crippen molar-refractivity contribution in [2.45, 2.75) is 17.6 Å². The molecular weight excluding hydrogens is 238 g/mol. The number of thiol groups is 1. The van der Waals surface area contributed by atoms with Crippen LogP contribution in [0, 0.1) is 6.92 Å². The van der Waals surface area contributed by atoms with E-state index in [1.807, 2.05) is 0 Å². The fourth-order valence-electron chi connectivity index (χ4n) is 1.13. The molecular formula is C8H11NO4S2. The monoisotopic (exact) mass is 249 g/mol. The summed E-state index contributed by atoms with van der Waals surface area (Å²) in [6, 6.07) is 4.18. The zero-order chi connectivity index (χ0) is 11.6. The van der Waals surface area contributed by atoms with Gasteiger partial charge in [-0.2, -0.15) is 0 Å². The molecule has 7 heteroatoms. The fraction of sp³-hybridized carbons (Fsp3) is 0.250. The highest BCUT2D eigenvalue weighted by atomic mass is 32.2. The summed E-state index contributed by atoms with van der Waals surface area (Å²) in [4.78, 5) is -0.0695. The minimum atomic E-state index is -3.77. The van der Waals surface area contributed by atoms with Crippen molar-refractivity contribution in [2.24, 2.45) is 5.14 Å². The molecule has 1 aromatic rings. The predicted molar refractivity (Wildman–Crippen MR) is 56.6 cm³/mol. The Bertz CT molecular complexity index is 538. The molecule has 1 rings (SSSR count). The van der Waals surface area contributed by atoms with Crippen LogP contribution < -0.4 is 5.14 Å². The Morgan fingerprint density at radius 2 is 1.93 bits per heavy atom. The SMILES string of the molecule is Cc1ccc(S(N)(=O)=O)cc1C[SH](=O)=O. The first kappa shape index (κ1) is 12.2. The van der Waals surface area contributed by atoms with Crippen molar-refractivity contribution in [3.05, 3.63) is 29.3 Å². The topological polar surface area (TPSA) is 94.3 Å². The Balaban J connectivity index is 3.28. The van der Waals surface area contributed by atoms with E-state index in [9.17, 15) is 16.8 Å². The molecule has 0 spiro atoms. The molecule has 0 saturated carbocycles. The third-order valence-corrected chi connectivity index (χ3v) is 3.46. The largest absolute Gasteiger partial charge is 0.238 e. The van der Waals surface area contributed by atoms with E-state index < -0.39 is 20.7 Å². The molecule has 84 valence electrons. The Morgan fingerprint density at radius 3 is 2.40 bits per heavy atom. The molecule has 2 N–H and O–H groups in total. The van der Waals surface area contributed by atoms with E-state index in [1.54, 1.807) is 6.92 Å². The van der Waals surface area contributed by atoms with Crippen molar-refractivity contribution >= 4 is 20.7 Å². The average molecular weight is 249 g/mol. The number of rotatable bonds is 3. The molecule has 0 unspecified atom stereocenters. The highest BCUT2D eigenvalue weighted by molar-refractivity contribution is 7.89. The van der Waals surface area contributed by atoms with Crippen LogP contribution in [0.1, 0.15) is 11.1 Å². The van der Waals surface area contributed by atoms with Crippen molar-refractivity contribution in [1.29, 1.82) is 0 Å². The summed E-state index contributed by atoms with van der Waals surface area (Å²) in [5.74, 6) is -0.176. The summed E-state index contributed by atoms with van der Waals surface area (Å²) in [6.07, 6.45) is 0. The van der Waals surface area contributed by atoms with Crippen LogP contribution in [0.5, 0.6) is 0 Å². The normalized spacial score (nSPS) is 11.9. The number of hydrogen-bond acceptors (Lipinski definition) is 4. The molecule has 5 nitrogen and oxygen atoms in total. The number of sulfonamides is 1. The van der Waals surface area contributed by atoms with Crippen LogP contribution in [0.25, 0.3) is 0 Å². The van der Waals surface area contributed by atoms with Crippen molar-refractivity contribution < 1.29 is 16.8 Å². The van der Waals surface area contributed by atoms with Crippen LogP contribution in [0.4, 0.5) is 0 Å². The van der Waals surface area contributed by atoms with Gasteiger partial charge in [0.1, 0.15) is 10.7 Å². The number of hydrogen-bond donors (Lipinski definition) is 2. The number of nitrogens with two attached hydrogens (primary N) is 1. The number of aryl methyl sites for hydroxylation is 1. The lowest BCUT2D eigenvalue weighted by Gasteiger charge is -2.04.